The SMILES string of the molecule is CCNC(=O)C(C)N(Cc1cccc(Cl)c1)C(=O)CN(c1ccc(OC)c(OC)c1)S(=O)(=O)c1ccccc1. The van der Waals surface area contributed by atoms with E-state index in [-0.39, 0.29) is 23.0 Å². The Bertz CT molecular complexity index is 1400. The number of anilines is 1. The molecule has 0 heterocycles. The number of hydrogen-bond donors (Lipinski definition) is 1. The average Bonchev–Trinajstić information content (AvgIpc) is 2.94. The molecule has 9 nitrogen and oxygen atoms in total. The molecule has 0 spiro atoms. The fourth-order valence-corrected chi connectivity index (χ4v) is 5.60. The van der Waals surface area contributed by atoms with Gasteiger partial charge in [0.05, 0.1) is 24.8 Å². The number of methoxy groups -OCH3 is 2. The van der Waals surface area contributed by atoms with Crippen LogP contribution in [0.1, 0.15) is 19.4 Å². The zero-order chi connectivity index (χ0) is 28.6. The molecule has 3 aromatic rings. The van der Waals surface area contributed by atoms with Crippen LogP contribution in [0.3, 0.4) is 0 Å². The number of ether oxygens (including phenoxy) is 2. The van der Waals surface area contributed by atoms with E-state index in [1.807, 2.05) is 0 Å². The Morgan fingerprint density at radius 3 is 2.26 bits per heavy atom. The van der Waals surface area contributed by atoms with Gasteiger partial charge in [0.2, 0.25) is 11.8 Å². The Morgan fingerprint density at radius 2 is 1.64 bits per heavy atom. The van der Waals surface area contributed by atoms with Crippen LogP contribution in [0.2, 0.25) is 5.02 Å². The summed E-state index contributed by atoms with van der Waals surface area (Å²) in [7, 11) is -1.29. The van der Waals surface area contributed by atoms with Crippen molar-refractivity contribution >= 4 is 39.1 Å². The lowest BCUT2D eigenvalue weighted by Crippen LogP contribution is -2.51. The molecule has 0 aliphatic rings. The van der Waals surface area contributed by atoms with Gasteiger partial charge in [-0.3, -0.25) is 13.9 Å². The highest BCUT2D eigenvalue weighted by atomic mass is 35.5. The predicted molar refractivity (Wildman–Crippen MR) is 151 cm³/mol. The van der Waals surface area contributed by atoms with E-state index in [9.17, 15) is 18.0 Å². The minimum Gasteiger partial charge on any atom is -0.493 e. The quantitative estimate of drug-likeness (QED) is 0.350. The number of halogens is 1. The summed E-state index contributed by atoms with van der Waals surface area (Å²) in [5.74, 6) is -0.251. The largest absolute Gasteiger partial charge is 0.493 e. The number of rotatable bonds is 12. The Morgan fingerprint density at radius 1 is 0.949 bits per heavy atom. The first kappa shape index (κ1) is 29.8. The van der Waals surface area contributed by atoms with Crippen molar-refractivity contribution in [1.29, 1.82) is 0 Å². The zero-order valence-corrected chi connectivity index (χ0v) is 23.8. The summed E-state index contributed by atoms with van der Waals surface area (Å²) >= 11 is 6.15. The van der Waals surface area contributed by atoms with Crippen LogP contribution in [0, 0.1) is 0 Å². The van der Waals surface area contributed by atoms with Gasteiger partial charge in [0, 0.05) is 24.2 Å². The van der Waals surface area contributed by atoms with E-state index in [2.05, 4.69) is 5.32 Å². The summed E-state index contributed by atoms with van der Waals surface area (Å²) in [6.45, 7) is 3.22. The van der Waals surface area contributed by atoms with Crippen molar-refractivity contribution in [2.75, 3.05) is 31.6 Å². The van der Waals surface area contributed by atoms with Crippen molar-refractivity contribution in [3.05, 3.63) is 83.4 Å². The van der Waals surface area contributed by atoms with E-state index in [1.54, 1.807) is 62.4 Å². The lowest BCUT2D eigenvalue weighted by Gasteiger charge is -2.32. The van der Waals surface area contributed by atoms with Crippen LogP contribution in [0.25, 0.3) is 0 Å². The van der Waals surface area contributed by atoms with E-state index in [1.165, 1.54) is 43.4 Å². The molecule has 3 rings (SSSR count). The fraction of sp³-hybridized carbons (Fsp3) is 0.286. The minimum atomic E-state index is -4.20. The summed E-state index contributed by atoms with van der Waals surface area (Å²) in [5.41, 5.74) is 0.883. The van der Waals surface area contributed by atoms with Crippen molar-refractivity contribution in [3.63, 3.8) is 0 Å². The third-order valence-corrected chi connectivity index (χ3v) is 8.05. The first-order valence-corrected chi connectivity index (χ1v) is 14.1. The molecule has 0 radical (unpaired) electrons. The van der Waals surface area contributed by atoms with Crippen LogP contribution in [0.15, 0.2) is 77.7 Å². The van der Waals surface area contributed by atoms with Crippen LogP contribution >= 0.6 is 11.6 Å². The summed E-state index contributed by atoms with van der Waals surface area (Å²) in [5, 5.41) is 3.20. The molecule has 39 heavy (non-hydrogen) atoms. The van der Waals surface area contributed by atoms with E-state index in [0.717, 1.165) is 4.31 Å². The molecule has 0 bridgehead atoms. The molecule has 0 aromatic heterocycles. The molecule has 0 fully saturated rings. The van der Waals surface area contributed by atoms with Crippen molar-refractivity contribution < 1.29 is 27.5 Å². The molecule has 0 aliphatic heterocycles. The number of likely N-dealkylation sites (N-methyl/N-ethyl adjacent to an activating group) is 1. The monoisotopic (exact) mass is 573 g/mol. The normalized spacial score (nSPS) is 11.8. The Labute approximate surface area is 234 Å². The molecule has 0 saturated heterocycles. The number of carbonyl (C=O) groups is 2. The highest BCUT2D eigenvalue weighted by Crippen LogP contribution is 2.34. The van der Waals surface area contributed by atoms with Crippen molar-refractivity contribution in [1.82, 2.24) is 10.2 Å². The van der Waals surface area contributed by atoms with Crippen LogP contribution in [-0.2, 0) is 26.2 Å². The first-order valence-electron chi connectivity index (χ1n) is 12.2. The number of benzene rings is 3. The van der Waals surface area contributed by atoms with E-state index in [0.29, 0.717) is 28.6 Å². The summed E-state index contributed by atoms with van der Waals surface area (Å²) in [6.07, 6.45) is 0. The number of sulfonamides is 1. The number of hydrogen-bond acceptors (Lipinski definition) is 6. The number of nitrogens with zero attached hydrogens (tertiary/aromatic N) is 2. The van der Waals surface area contributed by atoms with E-state index in [4.69, 9.17) is 21.1 Å². The molecule has 1 unspecified atom stereocenters. The lowest BCUT2D eigenvalue weighted by molar-refractivity contribution is -0.139. The van der Waals surface area contributed by atoms with E-state index < -0.39 is 28.5 Å². The van der Waals surface area contributed by atoms with Crippen LogP contribution < -0.4 is 19.1 Å². The topological polar surface area (TPSA) is 105 Å². The van der Waals surface area contributed by atoms with Gasteiger partial charge in [-0.05, 0) is 55.8 Å². The standard InChI is InChI=1S/C28H32ClN3O6S/c1-5-30-28(34)20(2)31(18-21-10-9-11-22(29)16-21)27(33)19-32(39(35,36)24-12-7-6-8-13-24)23-14-15-25(37-3)26(17-23)38-4/h6-17,20H,5,18-19H2,1-4H3,(H,30,34). The van der Waals surface area contributed by atoms with Crippen LogP contribution in [-0.4, -0.2) is 58.5 Å². The van der Waals surface area contributed by atoms with Gasteiger partial charge < -0.3 is 19.7 Å². The number of nitrogens with one attached hydrogen (secondary N) is 1. The van der Waals surface area contributed by atoms with Crippen molar-refractivity contribution in [3.8, 4) is 11.5 Å². The van der Waals surface area contributed by atoms with Gasteiger partial charge in [0.15, 0.2) is 11.5 Å². The summed E-state index contributed by atoms with van der Waals surface area (Å²) in [6, 6.07) is 18.4. The second kappa shape index (κ2) is 13.3. The molecule has 11 heteroatoms. The van der Waals surface area contributed by atoms with Gasteiger partial charge in [-0.1, -0.05) is 41.9 Å². The Kier molecular flexibility index (Phi) is 10.2. The molecule has 0 aliphatic carbocycles. The molecular formula is C28H32ClN3O6S. The fourth-order valence-electron chi connectivity index (χ4n) is 3.97. The molecule has 3 aromatic carbocycles. The maximum Gasteiger partial charge on any atom is 0.264 e. The molecule has 0 saturated carbocycles. The van der Waals surface area contributed by atoms with Crippen molar-refractivity contribution in [2.45, 2.75) is 31.3 Å². The zero-order valence-electron chi connectivity index (χ0n) is 22.3. The maximum atomic E-state index is 13.9. The number of amides is 2. The minimum absolute atomic E-state index is 0.00532. The molecule has 1 N–H and O–H groups in total. The molecule has 1 atom stereocenters. The van der Waals surface area contributed by atoms with Crippen LogP contribution in [0.5, 0.6) is 11.5 Å². The smallest absolute Gasteiger partial charge is 0.264 e. The summed E-state index contributed by atoms with van der Waals surface area (Å²) < 4.78 is 39.4. The second-order valence-electron chi connectivity index (χ2n) is 8.59. The Hall–Kier alpha value is -3.76. The van der Waals surface area contributed by atoms with E-state index >= 15 is 0 Å². The number of carbonyl (C=O) groups excluding carboxylic acids is 2. The predicted octanol–water partition coefficient (Wildman–Crippen LogP) is 4.11. The third kappa shape index (κ3) is 7.21. The van der Waals surface area contributed by atoms with Gasteiger partial charge >= 0.3 is 0 Å². The highest BCUT2D eigenvalue weighted by molar-refractivity contribution is 7.92. The van der Waals surface area contributed by atoms with Crippen LogP contribution in [0.4, 0.5) is 5.69 Å². The van der Waals surface area contributed by atoms with Gasteiger partial charge in [0.1, 0.15) is 12.6 Å². The Balaban J connectivity index is 2.08. The lowest BCUT2D eigenvalue weighted by atomic mass is 10.1. The second-order valence-corrected chi connectivity index (χ2v) is 10.9. The van der Waals surface area contributed by atoms with Crippen molar-refractivity contribution in [2.24, 2.45) is 0 Å². The third-order valence-electron chi connectivity index (χ3n) is 6.03. The average molecular weight is 574 g/mol. The first-order chi connectivity index (χ1) is 18.6. The van der Waals surface area contributed by atoms with Gasteiger partial charge in [-0.2, -0.15) is 0 Å². The van der Waals surface area contributed by atoms with Gasteiger partial charge in [-0.15, -0.1) is 0 Å². The van der Waals surface area contributed by atoms with Gasteiger partial charge in [-0.25, -0.2) is 8.42 Å². The summed E-state index contributed by atoms with van der Waals surface area (Å²) in [4.78, 5) is 28.0. The maximum absolute atomic E-state index is 13.9. The highest BCUT2D eigenvalue weighted by Gasteiger charge is 2.32. The molecular weight excluding hydrogens is 542 g/mol. The van der Waals surface area contributed by atoms with Gasteiger partial charge in [0.25, 0.3) is 10.0 Å². The molecule has 208 valence electrons. The molecule has 2 amide bonds.